The molecule has 0 amide bonds. The number of rotatable bonds is 4. The van der Waals surface area contributed by atoms with Crippen LogP contribution in [0.3, 0.4) is 0 Å². The van der Waals surface area contributed by atoms with E-state index in [2.05, 4.69) is 15.3 Å². The summed E-state index contributed by atoms with van der Waals surface area (Å²) in [6.45, 7) is 3.34. The van der Waals surface area contributed by atoms with E-state index < -0.39 is 23.8 Å². The molecule has 0 aliphatic carbocycles. The molecule has 0 saturated carbocycles. The van der Waals surface area contributed by atoms with Gasteiger partial charge < -0.3 is 10.4 Å². The molecule has 0 bridgehead atoms. The summed E-state index contributed by atoms with van der Waals surface area (Å²) in [6, 6.07) is 5.72. The number of anilines is 2. The molecule has 25 heavy (non-hydrogen) atoms. The molecule has 0 fully saturated rings. The van der Waals surface area contributed by atoms with Gasteiger partial charge in [-0.3, -0.25) is 23.7 Å². The van der Waals surface area contributed by atoms with Crippen molar-refractivity contribution in [1.82, 2.24) is 19.1 Å². The van der Waals surface area contributed by atoms with Gasteiger partial charge >= 0.3 is 11.7 Å². The average molecular weight is 343 g/mol. The second-order valence-electron chi connectivity index (χ2n) is 5.80. The highest BCUT2D eigenvalue weighted by molar-refractivity contribution is 5.79. The van der Waals surface area contributed by atoms with Crippen molar-refractivity contribution in [3.8, 4) is 0 Å². The fraction of sp³-hybridized carbons (Fsp3) is 0.250. The molecule has 130 valence electrons. The van der Waals surface area contributed by atoms with E-state index in [4.69, 9.17) is 0 Å². The minimum atomic E-state index is -1.13. The maximum Gasteiger partial charge on any atom is 0.329 e. The molecular weight excluding hydrogens is 326 g/mol. The first-order valence-electron chi connectivity index (χ1n) is 7.54. The van der Waals surface area contributed by atoms with Crippen LogP contribution in [-0.4, -0.2) is 30.2 Å². The van der Waals surface area contributed by atoms with Crippen LogP contribution in [0.25, 0.3) is 11.2 Å². The number of hydrogen-bond acceptors (Lipinski definition) is 5. The molecule has 0 atom stereocenters. The number of aromatic nitrogens is 4. The fourth-order valence-corrected chi connectivity index (χ4v) is 2.74. The van der Waals surface area contributed by atoms with E-state index in [-0.39, 0.29) is 17.1 Å². The summed E-state index contributed by atoms with van der Waals surface area (Å²) in [5, 5.41) is 12.3. The van der Waals surface area contributed by atoms with Crippen LogP contribution in [-0.2, 0) is 18.4 Å². The molecule has 3 N–H and O–H groups in total. The van der Waals surface area contributed by atoms with Crippen molar-refractivity contribution in [2.75, 3.05) is 5.32 Å². The number of imidazole rings is 1. The number of hydrogen-bond donors (Lipinski definition) is 3. The Morgan fingerprint density at radius 2 is 1.92 bits per heavy atom. The van der Waals surface area contributed by atoms with Crippen LogP contribution in [0, 0.1) is 13.8 Å². The lowest BCUT2D eigenvalue weighted by atomic mass is 10.1. The number of benzene rings is 1. The summed E-state index contributed by atoms with van der Waals surface area (Å²) in [5.41, 5.74) is 1.50. The van der Waals surface area contributed by atoms with Crippen LogP contribution >= 0.6 is 0 Å². The van der Waals surface area contributed by atoms with Gasteiger partial charge in [0.05, 0.1) is 0 Å². The molecule has 0 spiro atoms. The van der Waals surface area contributed by atoms with Crippen molar-refractivity contribution >= 4 is 28.8 Å². The second kappa shape index (κ2) is 5.93. The van der Waals surface area contributed by atoms with Crippen molar-refractivity contribution in [2.45, 2.75) is 20.4 Å². The molecule has 9 nitrogen and oxygen atoms in total. The molecule has 2 aromatic heterocycles. The van der Waals surface area contributed by atoms with Gasteiger partial charge in [-0.25, -0.2) is 4.79 Å². The highest BCUT2D eigenvalue weighted by atomic mass is 16.4. The van der Waals surface area contributed by atoms with Gasteiger partial charge in [0, 0.05) is 12.7 Å². The number of nitrogens with one attached hydrogen (secondary N) is 2. The highest BCUT2D eigenvalue weighted by Gasteiger charge is 2.19. The van der Waals surface area contributed by atoms with E-state index in [1.165, 1.54) is 16.2 Å². The maximum atomic E-state index is 12.2. The molecule has 0 unspecified atom stereocenters. The number of nitrogens with zero attached hydrogens (tertiary/aromatic N) is 3. The van der Waals surface area contributed by atoms with Gasteiger partial charge in [0.2, 0.25) is 5.95 Å². The molecule has 0 saturated heterocycles. The van der Waals surface area contributed by atoms with Crippen LogP contribution in [0.1, 0.15) is 11.1 Å². The third-order valence-electron chi connectivity index (χ3n) is 4.02. The minimum Gasteiger partial charge on any atom is -0.480 e. The summed E-state index contributed by atoms with van der Waals surface area (Å²) in [4.78, 5) is 41.7. The van der Waals surface area contributed by atoms with Crippen molar-refractivity contribution in [3.63, 3.8) is 0 Å². The Balaban J connectivity index is 2.29. The van der Waals surface area contributed by atoms with E-state index in [1.54, 1.807) is 0 Å². The quantitative estimate of drug-likeness (QED) is 0.646. The van der Waals surface area contributed by atoms with E-state index in [0.717, 1.165) is 16.8 Å². The topological polar surface area (TPSA) is 122 Å². The Labute approximate surface area is 141 Å². The summed E-state index contributed by atoms with van der Waals surface area (Å²) < 4.78 is 2.42. The van der Waals surface area contributed by atoms with Crippen LogP contribution < -0.4 is 16.6 Å². The Hall–Kier alpha value is -3.36. The number of carbonyl (C=O) groups is 1. The Morgan fingerprint density at radius 3 is 2.52 bits per heavy atom. The molecule has 1 aromatic carbocycles. The van der Waals surface area contributed by atoms with E-state index >= 15 is 0 Å². The van der Waals surface area contributed by atoms with Gasteiger partial charge in [-0.05, 0) is 25.0 Å². The predicted molar refractivity (Wildman–Crippen MR) is 92.4 cm³/mol. The lowest BCUT2D eigenvalue weighted by molar-refractivity contribution is -0.137. The van der Waals surface area contributed by atoms with E-state index in [9.17, 15) is 19.5 Å². The number of carboxylic acid groups (broad SMARTS) is 1. The lowest BCUT2D eigenvalue weighted by Gasteiger charge is -2.13. The van der Waals surface area contributed by atoms with Crippen molar-refractivity contribution in [3.05, 3.63) is 50.2 Å². The van der Waals surface area contributed by atoms with E-state index in [1.807, 2.05) is 32.0 Å². The van der Waals surface area contributed by atoms with Gasteiger partial charge in [0.1, 0.15) is 6.54 Å². The molecule has 0 aliphatic rings. The van der Waals surface area contributed by atoms with Gasteiger partial charge in [0.25, 0.3) is 5.56 Å². The maximum absolute atomic E-state index is 12.2. The zero-order valence-corrected chi connectivity index (χ0v) is 14.0. The first kappa shape index (κ1) is 16.5. The average Bonchev–Trinajstić information content (AvgIpc) is 2.87. The molecule has 0 radical (unpaired) electrons. The minimum absolute atomic E-state index is 0.0261. The Bertz CT molecular complexity index is 1090. The number of aryl methyl sites for hydroxylation is 3. The molecule has 3 aromatic rings. The molecule has 3 rings (SSSR count). The Kier molecular flexibility index (Phi) is 3.91. The van der Waals surface area contributed by atoms with Crippen LogP contribution in [0.15, 0.2) is 27.8 Å². The Morgan fingerprint density at radius 1 is 1.28 bits per heavy atom. The smallest absolute Gasteiger partial charge is 0.329 e. The van der Waals surface area contributed by atoms with Gasteiger partial charge in [0.15, 0.2) is 11.2 Å². The highest BCUT2D eigenvalue weighted by Crippen LogP contribution is 2.25. The number of carboxylic acids is 1. The zero-order valence-electron chi connectivity index (χ0n) is 14.0. The third-order valence-corrected chi connectivity index (χ3v) is 4.02. The second-order valence-corrected chi connectivity index (χ2v) is 5.80. The van der Waals surface area contributed by atoms with Gasteiger partial charge in [-0.15, -0.1) is 0 Å². The number of para-hydroxylation sites is 1. The summed E-state index contributed by atoms with van der Waals surface area (Å²) in [7, 11) is 1.46. The van der Waals surface area contributed by atoms with Crippen molar-refractivity contribution in [1.29, 1.82) is 0 Å². The number of fused-ring (bicyclic) bond motifs is 1. The van der Waals surface area contributed by atoms with Crippen molar-refractivity contribution in [2.24, 2.45) is 7.05 Å². The first-order valence-corrected chi connectivity index (χ1v) is 7.54. The fourth-order valence-electron chi connectivity index (χ4n) is 2.74. The summed E-state index contributed by atoms with van der Waals surface area (Å²) >= 11 is 0. The standard InChI is InChI=1S/C16H17N5O4/c1-8-5-4-6-9(2)11(8)17-15-18-13-12(21(15)7-10(22)23)14(24)19-16(25)20(13)3/h4-6H,7H2,1-3H3,(H,17,18)(H,22,23)(H,19,24,25). The molecule has 2 heterocycles. The normalized spacial score (nSPS) is 11.0. The lowest BCUT2D eigenvalue weighted by Crippen LogP contribution is -2.29. The van der Waals surface area contributed by atoms with Gasteiger partial charge in [-0.2, -0.15) is 4.98 Å². The van der Waals surface area contributed by atoms with Crippen molar-refractivity contribution < 1.29 is 9.90 Å². The zero-order chi connectivity index (χ0) is 18.3. The van der Waals surface area contributed by atoms with Crippen LogP contribution in [0.5, 0.6) is 0 Å². The molecule has 0 aliphatic heterocycles. The molecular formula is C16H17N5O4. The first-order chi connectivity index (χ1) is 11.8. The third kappa shape index (κ3) is 2.80. The predicted octanol–water partition coefficient (Wildman–Crippen LogP) is 0.868. The van der Waals surface area contributed by atoms with Crippen LogP contribution in [0.4, 0.5) is 11.6 Å². The largest absolute Gasteiger partial charge is 0.480 e. The van der Waals surface area contributed by atoms with E-state index in [0.29, 0.717) is 0 Å². The monoisotopic (exact) mass is 343 g/mol. The molecule has 9 heteroatoms. The summed E-state index contributed by atoms with van der Waals surface area (Å²) in [6.07, 6.45) is 0. The SMILES string of the molecule is Cc1cccc(C)c1Nc1nc2c(c(=O)[nH]c(=O)n2C)n1CC(=O)O. The summed E-state index contributed by atoms with van der Waals surface area (Å²) in [5.74, 6) is -0.946. The number of H-pyrrole nitrogens is 1. The van der Waals surface area contributed by atoms with Crippen LogP contribution in [0.2, 0.25) is 0 Å². The van der Waals surface area contributed by atoms with Gasteiger partial charge in [-0.1, -0.05) is 18.2 Å². The number of aliphatic carboxylic acids is 1. The number of aromatic amines is 1.